The number of aromatic nitrogens is 2. The van der Waals surface area contributed by atoms with Crippen molar-refractivity contribution in [1.82, 2.24) is 15.0 Å². The fourth-order valence-corrected chi connectivity index (χ4v) is 2.28. The van der Waals surface area contributed by atoms with Crippen molar-refractivity contribution in [3.8, 4) is 11.4 Å². The van der Waals surface area contributed by atoms with Crippen LogP contribution in [0.15, 0.2) is 28.8 Å². The van der Waals surface area contributed by atoms with Crippen LogP contribution < -0.4 is 5.73 Å². The van der Waals surface area contributed by atoms with Gasteiger partial charge in [0.1, 0.15) is 0 Å². The highest BCUT2D eigenvalue weighted by Crippen LogP contribution is 2.18. The van der Waals surface area contributed by atoms with Crippen molar-refractivity contribution < 1.29 is 9.26 Å². The number of hydrogen-bond acceptors (Lipinski definition) is 6. The molecule has 1 aliphatic heterocycles. The van der Waals surface area contributed by atoms with Crippen molar-refractivity contribution in [2.45, 2.75) is 13.1 Å². The highest BCUT2D eigenvalue weighted by molar-refractivity contribution is 5.55. The van der Waals surface area contributed by atoms with E-state index in [1.807, 2.05) is 12.1 Å². The van der Waals surface area contributed by atoms with Crippen LogP contribution in [0.4, 0.5) is 0 Å². The molecule has 0 aliphatic carbocycles. The van der Waals surface area contributed by atoms with Crippen molar-refractivity contribution in [3.63, 3.8) is 0 Å². The Hall–Kier alpha value is -1.76. The van der Waals surface area contributed by atoms with Crippen molar-refractivity contribution in [1.29, 1.82) is 0 Å². The molecule has 6 nitrogen and oxygen atoms in total. The molecule has 1 aromatic heterocycles. The summed E-state index contributed by atoms with van der Waals surface area (Å²) in [5.41, 5.74) is 7.68. The minimum atomic E-state index is 0.264. The van der Waals surface area contributed by atoms with Gasteiger partial charge in [0, 0.05) is 25.2 Å². The molecule has 0 bridgehead atoms. The summed E-state index contributed by atoms with van der Waals surface area (Å²) < 4.78 is 10.4. The molecule has 0 atom stereocenters. The van der Waals surface area contributed by atoms with Gasteiger partial charge >= 0.3 is 0 Å². The van der Waals surface area contributed by atoms with Crippen LogP contribution in [0, 0.1) is 0 Å². The van der Waals surface area contributed by atoms with Gasteiger partial charge < -0.3 is 15.0 Å². The van der Waals surface area contributed by atoms with Gasteiger partial charge in [-0.1, -0.05) is 23.4 Å². The lowest BCUT2D eigenvalue weighted by Crippen LogP contribution is -2.35. The number of morpholine rings is 1. The van der Waals surface area contributed by atoms with Gasteiger partial charge in [0.15, 0.2) is 0 Å². The van der Waals surface area contributed by atoms with E-state index >= 15 is 0 Å². The summed E-state index contributed by atoms with van der Waals surface area (Å²) >= 11 is 0. The topological polar surface area (TPSA) is 77.4 Å². The first-order valence-electron chi connectivity index (χ1n) is 6.77. The average Bonchev–Trinajstić information content (AvgIpc) is 2.98. The predicted molar refractivity (Wildman–Crippen MR) is 73.7 cm³/mol. The van der Waals surface area contributed by atoms with Gasteiger partial charge in [0.2, 0.25) is 11.7 Å². The van der Waals surface area contributed by atoms with E-state index in [2.05, 4.69) is 27.2 Å². The maximum absolute atomic E-state index is 5.48. The Morgan fingerprint density at radius 1 is 1.25 bits per heavy atom. The molecule has 1 aliphatic rings. The zero-order valence-corrected chi connectivity index (χ0v) is 11.3. The van der Waals surface area contributed by atoms with Crippen LogP contribution in [-0.2, 0) is 17.8 Å². The third-order valence-electron chi connectivity index (χ3n) is 3.34. The summed E-state index contributed by atoms with van der Waals surface area (Å²) in [6, 6.07) is 8.21. The lowest BCUT2D eigenvalue weighted by atomic mass is 10.1. The van der Waals surface area contributed by atoms with Crippen LogP contribution in [0.1, 0.15) is 11.5 Å². The Bertz CT molecular complexity index is 564. The molecule has 20 heavy (non-hydrogen) atoms. The van der Waals surface area contributed by atoms with Crippen LogP contribution >= 0.6 is 0 Å². The minimum absolute atomic E-state index is 0.264. The zero-order valence-electron chi connectivity index (χ0n) is 11.3. The number of nitrogens with zero attached hydrogens (tertiary/aromatic N) is 3. The molecule has 6 heteroatoms. The Balaban J connectivity index is 1.74. The second-order valence-electron chi connectivity index (χ2n) is 4.80. The lowest BCUT2D eigenvalue weighted by molar-refractivity contribution is 0.0342. The van der Waals surface area contributed by atoms with Gasteiger partial charge in [-0.05, 0) is 11.6 Å². The fraction of sp³-hybridized carbons (Fsp3) is 0.429. The van der Waals surface area contributed by atoms with Crippen LogP contribution in [0.25, 0.3) is 11.4 Å². The first-order chi connectivity index (χ1) is 9.85. The van der Waals surface area contributed by atoms with E-state index in [9.17, 15) is 0 Å². The van der Waals surface area contributed by atoms with Crippen molar-refractivity contribution in [2.24, 2.45) is 5.73 Å². The predicted octanol–water partition coefficient (Wildman–Crippen LogP) is 1.03. The first kappa shape index (κ1) is 13.2. The number of nitrogens with two attached hydrogens (primary N) is 1. The molecule has 2 N–H and O–H groups in total. The highest BCUT2D eigenvalue weighted by Gasteiger charge is 2.12. The van der Waals surface area contributed by atoms with E-state index in [1.54, 1.807) is 0 Å². The van der Waals surface area contributed by atoms with Gasteiger partial charge in [-0.25, -0.2) is 0 Å². The zero-order chi connectivity index (χ0) is 13.8. The van der Waals surface area contributed by atoms with Crippen molar-refractivity contribution in [3.05, 3.63) is 35.7 Å². The maximum atomic E-state index is 5.48. The van der Waals surface area contributed by atoms with E-state index in [-0.39, 0.29) is 6.54 Å². The summed E-state index contributed by atoms with van der Waals surface area (Å²) in [5, 5.41) is 3.95. The van der Waals surface area contributed by atoms with E-state index in [4.69, 9.17) is 15.0 Å². The van der Waals surface area contributed by atoms with Gasteiger partial charge in [0.05, 0.1) is 19.8 Å². The average molecular weight is 274 g/mol. The SMILES string of the molecule is NCc1nc(-c2cccc(CN3CCOCC3)c2)no1. The molecule has 0 spiro atoms. The van der Waals surface area contributed by atoms with E-state index in [0.717, 1.165) is 38.4 Å². The molecular weight excluding hydrogens is 256 g/mol. The smallest absolute Gasteiger partial charge is 0.240 e. The number of rotatable bonds is 4. The summed E-state index contributed by atoms with van der Waals surface area (Å²) in [7, 11) is 0. The van der Waals surface area contributed by atoms with Crippen LogP contribution in [-0.4, -0.2) is 41.3 Å². The molecule has 0 saturated carbocycles. The Labute approximate surface area is 117 Å². The number of benzene rings is 1. The summed E-state index contributed by atoms with van der Waals surface area (Å²) in [6.45, 7) is 4.75. The lowest BCUT2D eigenvalue weighted by Gasteiger charge is -2.26. The highest BCUT2D eigenvalue weighted by atomic mass is 16.5. The molecular formula is C14H18N4O2. The fourth-order valence-electron chi connectivity index (χ4n) is 2.28. The second kappa shape index (κ2) is 6.13. The standard InChI is InChI=1S/C14H18N4O2/c15-9-13-16-14(17-20-13)12-3-1-2-11(8-12)10-18-4-6-19-7-5-18/h1-3,8H,4-7,9-10,15H2. The van der Waals surface area contributed by atoms with Crippen molar-refractivity contribution in [2.75, 3.05) is 26.3 Å². The third kappa shape index (κ3) is 3.04. The van der Waals surface area contributed by atoms with Crippen LogP contribution in [0.3, 0.4) is 0 Å². The van der Waals surface area contributed by atoms with Crippen LogP contribution in [0.2, 0.25) is 0 Å². The Morgan fingerprint density at radius 3 is 2.85 bits per heavy atom. The molecule has 3 rings (SSSR count). The molecule has 106 valence electrons. The molecule has 0 amide bonds. The minimum Gasteiger partial charge on any atom is -0.379 e. The van der Waals surface area contributed by atoms with Crippen LogP contribution in [0.5, 0.6) is 0 Å². The quantitative estimate of drug-likeness (QED) is 0.897. The maximum Gasteiger partial charge on any atom is 0.240 e. The summed E-state index contributed by atoms with van der Waals surface area (Å²) in [4.78, 5) is 6.63. The Morgan fingerprint density at radius 2 is 2.10 bits per heavy atom. The summed E-state index contributed by atoms with van der Waals surface area (Å²) in [5.74, 6) is 1.05. The molecule has 2 heterocycles. The molecule has 2 aromatic rings. The largest absolute Gasteiger partial charge is 0.379 e. The summed E-state index contributed by atoms with van der Waals surface area (Å²) in [6.07, 6.45) is 0. The monoisotopic (exact) mass is 274 g/mol. The van der Waals surface area contributed by atoms with Gasteiger partial charge in [-0.2, -0.15) is 4.98 Å². The molecule has 1 fully saturated rings. The van der Waals surface area contributed by atoms with E-state index < -0.39 is 0 Å². The third-order valence-corrected chi connectivity index (χ3v) is 3.34. The van der Waals surface area contributed by atoms with Gasteiger partial charge in [0.25, 0.3) is 0 Å². The molecule has 1 aromatic carbocycles. The van der Waals surface area contributed by atoms with Gasteiger partial charge in [-0.3, -0.25) is 4.90 Å². The molecule has 1 saturated heterocycles. The molecule has 0 unspecified atom stereocenters. The second-order valence-corrected chi connectivity index (χ2v) is 4.80. The number of ether oxygens (including phenoxy) is 1. The van der Waals surface area contributed by atoms with Crippen molar-refractivity contribution >= 4 is 0 Å². The normalized spacial score (nSPS) is 16.4. The number of hydrogen-bond donors (Lipinski definition) is 1. The molecule has 0 radical (unpaired) electrons. The first-order valence-corrected chi connectivity index (χ1v) is 6.77. The van der Waals surface area contributed by atoms with E-state index in [1.165, 1.54) is 5.56 Å². The van der Waals surface area contributed by atoms with Gasteiger partial charge in [-0.15, -0.1) is 0 Å². The van der Waals surface area contributed by atoms with E-state index in [0.29, 0.717) is 11.7 Å². The Kier molecular flexibility index (Phi) is 4.05.